The lowest BCUT2D eigenvalue weighted by Gasteiger charge is -2.55. The first-order valence-electron chi connectivity index (χ1n) is 40.7. The maximum atomic E-state index is 7.49. The second-order valence-electron chi connectivity index (χ2n) is 33.7. The molecule has 2 atom stereocenters. The van der Waals surface area contributed by atoms with Gasteiger partial charge in [-0.3, -0.25) is 0 Å². The zero-order chi connectivity index (χ0) is 72.2. The lowest BCUT2D eigenvalue weighted by Crippen LogP contribution is -2.65. The van der Waals surface area contributed by atoms with Gasteiger partial charge in [0.05, 0.1) is 11.1 Å². The molecule has 530 valence electrons. The van der Waals surface area contributed by atoms with Gasteiger partial charge in [-0.05, 0) is 216 Å². The predicted molar refractivity (Wildman–Crippen MR) is 458 cm³/mol. The number of para-hydroxylation sites is 5. The first kappa shape index (κ1) is 65.4. The van der Waals surface area contributed by atoms with Gasteiger partial charge in [-0.2, -0.15) is 0 Å². The zero-order valence-corrected chi connectivity index (χ0v) is 63.4. The van der Waals surface area contributed by atoms with E-state index in [1.807, 2.05) is 11.8 Å². The molecule has 5 aliphatic heterocycles. The lowest BCUT2D eigenvalue weighted by atomic mass is 9.33. The Morgan fingerprint density at radius 1 is 0.367 bits per heavy atom. The normalized spacial score (nSPS) is 18.9. The molecule has 9 aliphatic rings. The van der Waals surface area contributed by atoms with Crippen LogP contribution in [0.1, 0.15) is 132 Å². The van der Waals surface area contributed by atoms with Crippen LogP contribution in [0.5, 0.6) is 11.5 Å². The highest BCUT2D eigenvalue weighted by atomic mass is 32.2. The van der Waals surface area contributed by atoms with Crippen LogP contribution >= 0.6 is 11.8 Å². The highest BCUT2D eigenvalue weighted by molar-refractivity contribution is 7.99. The Morgan fingerprint density at radius 3 is 1.53 bits per heavy atom. The molecular formula is C101H88B2N4OS. The van der Waals surface area contributed by atoms with E-state index in [4.69, 9.17) is 4.74 Å². The maximum Gasteiger partial charge on any atom is 0.256 e. The average Bonchev–Trinajstić information content (AvgIpc) is 1.65. The van der Waals surface area contributed by atoms with Gasteiger partial charge >= 0.3 is 0 Å². The van der Waals surface area contributed by atoms with Crippen LogP contribution in [0.15, 0.2) is 301 Å². The number of benzene rings is 13. The van der Waals surface area contributed by atoms with Crippen LogP contribution in [-0.4, -0.2) is 19.5 Å². The number of anilines is 11. The molecule has 0 N–H and O–H groups in total. The summed E-state index contributed by atoms with van der Waals surface area (Å²) < 4.78 is 7.49. The summed E-state index contributed by atoms with van der Waals surface area (Å²) in [6.45, 7) is 7.16. The van der Waals surface area contributed by atoms with E-state index >= 15 is 0 Å². The molecule has 3 fully saturated rings. The Bertz CT molecular complexity index is 5700. The van der Waals surface area contributed by atoms with Crippen LogP contribution < -0.4 is 57.1 Å². The van der Waals surface area contributed by atoms with Gasteiger partial charge in [0.15, 0.2) is 0 Å². The van der Waals surface area contributed by atoms with E-state index in [2.05, 4.69) is 332 Å². The van der Waals surface area contributed by atoms with Crippen molar-refractivity contribution in [2.75, 3.05) is 19.6 Å². The minimum absolute atomic E-state index is 0.0425. The van der Waals surface area contributed by atoms with E-state index in [1.54, 1.807) is 0 Å². The third kappa shape index (κ3) is 10.1. The van der Waals surface area contributed by atoms with Crippen molar-refractivity contribution >= 4 is 121 Å². The van der Waals surface area contributed by atoms with Crippen LogP contribution in [0.25, 0.3) is 22.3 Å². The molecule has 4 aliphatic carbocycles. The number of hydrogen-bond donors (Lipinski definition) is 0. The van der Waals surface area contributed by atoms with Gasteiger partial charge in [0.1, 0.15) is 11.5 Å². The molecular weight excluding hydrogens is 1340 g/mol. The number of rotatable bonds is 9. The van der Waals surface area contributed by atoms with E-state index in [1.165, 1.54) is 205 Å². The molecule has 3 saturated carbocycles. The van der Waals surface area contributed by atoms with Crippen molar-refractivity contribution in [3.63, 3.8) is 0 Å². The van der Waals surface area contributed by atoms with Gasteiger partial charge in [-0.1, -0.05) is 297 Å². The Kier molecular flexibility index (Phi) is 15.5. The van der Waals surface area contributed by atoms with Crippen molar-refractivity contribution in [2.45, 2.75) is 131 Å². The molecule has 8 heteroatoms. The molecule has 2 unspecified atom stereocenters. The predicted octanol–water partition coefficient (Wildman–Crippen LogP) is 23.1. The van der Waals surface area contributed by atoms with Gasteiger partial charge in [0.25, 0.3) is 13.4 Å². The largest absolute Gasteiger partial charge is 0.458 e. The fourth-order valence-electron chi connectivity index (χ4n) is 22.4. The SMILES string of the molecule is CC(C)(C)c1cc2c3c(c1)N(C1C(C4CCCCC4)CCCC1C1CCCCC1)c1cc4c(cc1B3c1ccccc1N2c1ccccc1)C1(c2cc3c(cc2S4)N(c2ccccc2)c2cc(N(c4ccccc4)c4cccc(-c5ccccc5)c4)cc4c2B3c2ccccc2O4)c2ccccc2-c2ccccc21. The number of fused-ring (bicyclic) bond motifs is 17. The summed E-state index contributed by atoms with van der Waals surface area (Å²) in [5, 5.41) is 0. The number of hydrogen-bond acceptors (Lipinski definition) is 6. The summed E-state index contributed by atoms with van der Waals surface area (Å²) in [5.74, 6) is 4.33. The molecule has 22 rings (SSSR count). The molecule has 0 aromatic heterocycles. The van der Waals surface area contributed by atoms with Crippen LogP contribution in [0, 0.1) is 23.7 Å². The Morgan fingerprint density at radius 2 is 0.881 bits per heavy atom. The molecule has 13 aromatic carbocycles. The fourth-order valence-corrected chi connectivity index (χ4v) is 23.6. The second-order valence-corrected chi connectivity index (χ2v) is 34.8. The van der Waals surface area contributed by atoms with Gasteiger partial charge < -0.3 is 24.3 Å². The van der Waals surface area contributed by atoms with Gasteiger partial charge in [0.2, 0.25) is 0 Å². The second kappa shape index (κ2) is 25.7. The van der Waals surface area contributed by atoms with E-state index in [-0.39, 0.29) is 18.8 Å². The van der Waals surface area contributed by atoms with E-state index in [0.29, 0.717) is 29.7 Å². The van der Waals surface area contributed by atoms with Crippen molar-refractivity contribution in [1.29, 1.82) is 0 Å². The summed E-state index contributed by atoms with van der Waals surface area (Å²) in [5.41, 5.74) is 32.2. The summed E-state index contributed by atoms with van der Waals surface area (Å²) in [6.07, 6.45) is 17.5. The summed E-state index contributed by atoms with van der Waals surface area (Å²) >= 11 is 2.04. The third-order valence-corrected chi connectivity index (χ3v) is 28.1. The minimum atomic E-state index is -0.721. The Labute approximate surface area is 647 Å². The minimum Gasteiger partial charge on any atom is -0.458 e. The van der Waals surface area contributed by atoms with Gasteiger partial charge in [-0.15, -0.1) is 0 Å². The van der Waals surface area contributed by atoms with Crippen LogP contribution in [0.4, 0.5) is 62.6 Å². The molecule has 109 heavy (non-hydrogen) atoms. The van der Waals surface area contributed by atoms with Gasteiger partial charge in [-0.25, -0.2) is 0 Å². The molecule has 5 heterocycles. The van der Waals surface area contributed by atoms with Crippen LogP contribution in [0.2, 0.25) is 0 Å². The molecule has 0 amide bonds. The van der Waals surface area contributed by atoms with Gasteiger partial charge in [0, 0.05) is 78.8 Å². The van der Waals surface area contributed by atoms with Crippen LogP contribution in [0.3, 0.4) is 0 Å². The van der Waals surface area contributed by atoms with Crippen molar-refractivity contribution in [1.82, 2.24) is 0 Å². The van der Waals surface area contributed by atoms with Crippen molar-refractivity contribution in [3.05, 3.63) is 319 Å². The Hall–Kier alpha value is -10.7. The first-order valence-corrected chi connectivity index (χ1v) is 41.5. The summed E-state index contributed by atoms with van der Waals surface area (Å²) in [7, 11) is 0. The molecule has 13 aromatic rings. The monoisotopic (exact) mass is 1430 g/mol. The van der Waals surface area contributed by atoms with E-state index in [0.717, 1.165) is 45.5 Å². The van der Waals surface area contributed by atoms with Crippen molar-refractivity contribution in [2.24, 2.45) is 23.7 Å². The summed E-state index contributed by atoms with van der Waals surface area (Å²) in [6, 6.07) is 113. The van der Waals surface area contributed by atoms with Crippen molar-refractivity contribution in [3.8, 4) is 33.8 Å². The zero-order valence-electron chi connectivity index (χ0n) is 62.6. The van der Waals surface area contributed by atoms with E-state index in [9.17, 15) is 0 Å². The third-order valence-electron chi connectivity index (χ3n) is 27.0. The first-order chi connectivity index (χ1) is 53.7. The van der Waals surface area contributed by atoms with E-state index < -0.39 is 5.41 Å². The molecule has 0 bridgehead atoms. The summed E-state index contributed by atoms with van der Waals surface area (Å²) in [4.78, 5) is 13.5. The highest BCUT2D eigenvalue weighted by Crippen LogP contribution is 2.65. The molecule has 5 nitrogen and oxygen atoms in total. The van der Waals surface area contributed by atoms with Crippen LogP contribution in [-0.2, 0) is 10.8 Å². The van der Waals surface area contributed by atoms with Crippen molar-refractivity contribution < 1.29 is 4.74 Å². The smallest absolute Gasteiger partial charge is 0.256 e. The lowest BCUT2D eigenvalue weighted by molar-refractivity contribution is 0.0839. The maximum absolute atomic E-state index is 7.49. The molecule has 0 radical (unpaired) electrons. The fraction of sp³-hybridized carbons (Fsp3) is 0.228. The number of ether oxygens (including phenoxy) is 1. The molecule has 0 saturated heterocycles. The number of nitrogens with zero attached hydrogens (tertiary/aromatic N) is 4. The highest BCUT2D eigenvalue weighted by Gasteiger charge is 2.56. The molecule has 1 spiro atoms. The standard InChI is InChI=1S/C101H88B2N4OS/c1-100(2,3)69-57-90-97-91(58-69)107(99-75(66-34-12-5-13-35-66)48-31-49-76(99)67-36-14-6-15-37-67)89-64-96-82(62-86(89)102(97)83-52-26-28-54-87(83)105(90)71-41-18-8-19-42-71)101(79-50-24-22-46-77(79)78-47-23-25-51-80(78)101)81-61-85-88(63-95(81)109-96)106(72-43-20-9-21-44-72)92-59-74(60-94-98(92)103(85)84-53-27-29-55-93(84)108-94)104(70-39-16-7-17-40-70)73-45-30-38-68(56-73)65-32-10-4-11-33-65/h4,7-11,16-30,32-33,38-47,50-64,66-67,75-76,99H,5-6,12-15,31,34-37,48-49H2,1-3H3. The topological polar surface area (TPSA) is 22.2 Å². The average molecular weight is 1430 g/mol. The Balaban J connectivity index is 0.826. The quantitative estimate of drug-likeness (QED) is 0.133.